The minimum absolute atomic E-state index is 0.0288. The van der Waals surface area contributed by atoms with E-state index in [0.717, 1.165) is 0 Å². The van der Waals surface area contributed by atoms with E-state index in [-0.39, 0.29) is 34.1 Å². The lowest BCUT2D eigenvalue weighted by atomic mass is 10.0. The summed E-state index contributed by atoms with van der Waals surface area (Å²) >= 11 is 0. The van der Waals surface area contributed by atoms with Crippen LogP contribution in [0.2, 0.25) is 0 Å². The number of carbonyl (C=O) groups excluding carboxylic acids is 2. The van der Waals surface area contributed by atoms with E-state index in [2.05, 4.69) is 10.5 Å². The standard InChI is InChI=1S/C19H23N3O6S/c1-9(2)12-7-15(28-21-12)18(23)22-29(25,26)16-8-14-13(6-11(16)5)20-19(24)17(27-14)10(3)4/h6-10,17H,1-5H3,(H,20,24)(H,22,23)/t17-/m0/s1. The Labute approximate surface area is 168 Å². The zero-order chi connectivity index (χ0) is 21.5. The van der Waals surface area contributed by atoms with E-state index < -0.39 is 22.0 Å². The minimum atomic E-state index is -4.21. The average molecular weight is 421 g/mol. The van der Waals surface area contributed by atoms with Gasteiger partial charge >= 0.3 is 5.91 Å². The number of rotatable bonds is 5. The third kappa shape index (κ3) is 4.12. The quantitative estimate of drug-likeness (QED) is 0.759. The Hall–Kier alpha value is -2.88. The van der Waals surface area contributed by atoms with Gasteiger partial charge in [-0.25, -0.2) is 13.1 Å². The number of aryl methyl sites for hydroxylation is 1. The molecule has 0 saturated carbocycles. The number of anilines is 1. The third-order valence-electron chi connectivity index (χ3n) is 4.51. The first kappa shape index (κ1) is 20.8. The van der Waals surface area contributed by atoms with Crippen molar-refractivity contribution in [3.8, 4) is 5.75 Å². The SMILES string of the molecule is Cc1cc2c(cc1S(=O)(=O)NC(=O)c1cc(C(C)C)no1)O[C@@H](C(C)C)C(=O)N2. The molecule has 0 saturated heterocycles. The maximum atomic E-state index is 12.8. The number of nitrogens with zero attached hydrogens (tertiary/aromatic N) is 1. The van der Waals surface area contributed by atoms with E-state index in [0.29, 0.717) is 16.9 Å². The highest BCUT2D eigenvalue weighted by Crippen LogP contribution is 2.35. The fourth-order valence-electron chi connectivity index (χ4n) is 2.88. The number of sulfonamides is 1. The molecule has 9 nitrogen and oxygen atoms in total. The number of hydrogen-bond acceptors (Lipinski definition) is 7. The normalized spacial score (nSPS) is 16.4. The van der Waals surface area contributed by atoms with Gasteiger partial charge in [-0.15, -0.1) is 0 Å². The summed E-state index contributed by atoms with van der Waals surface area (Å²) in [6, 6.07) is 4.20. The number of nitrogens with one attached hydrogen (secondary N) is 2. The molecule has 1 aliphatic rings. The molecule has 1 atom stereocenters. The van der Waals surface area contributed by atoms with Gasteiger partial charge < -0.3 is 14.6 Å². The summed E-state index contributed by atoms with van der Waals surface area (Å²) in [5.74, 6) is -1.26. The van der Waals surface area contributed by atoms with Crippen LogP contribution in [0.4, 0.5) is 5.69 Å². The van der Waals surface area contributed by atoms with Gasteiger partial charge in [0.1, 0.15) is 5.75 Å². The van der Waals surface area contributed by atoms with Crippen molar-refractivity contribution in [3.05, 3.63) is 35.2 Å². The first-order chi connectivity index (χ1) is 13.5. The Balaban J connectivity index is 1.90. The molecule has 0 aliphatic carbocycles. The Bertz CT molecular complexity index is 1070. The summed E-state index contributed by atoms with van der Waals surface area (Å²) in [7, 11) is -4.21. The van der Waals surface area contributed by atoms with Crippen molar-refractivity contribution in [2.45, 2.75) is 51.5 Å². The molecule has 0 radical (unpaired) electrons. The number of ether oxygens (including phenoxy) is 1. The third-order valence-corrected chi connectivity index (χ3v) is 5.99. The van der Waals surface area contributed by atoms with Crippen LogP contribution < -0.4 is 14.8 Å². The molecule has 29 heavy (non-hydrogen) atoms. The summed E-state index contributed by atoms with van der Waals surface area (Å²) in [6.45, 7) is 8.95. The Morgan fingerprint density at radius 2 is 1.90 bits per heavy atom. The van der Waals surface area contributed by atoms with Crippen molar-refractivity contribution in [2.24, 2.45) is 5.92 Å². The van der Waals surface area contributed by atoms with Crippen LogP contribution in [0.15, 0.2) is 27.6 Å². The van der Waals surface area contributed by atoms with Crippen LogP contribution in [0, 0.1) is 12.8 Å². The number of amides is 2. The lowest BCUT2D eigenvalue weighted by Crippen LogP contribution is -2.40. The molecule has 3 rings (SSSR count). The predicted molar refractivity (Wildman–Crippen MR) is 104 cm³/mol. The van der Waals surface area contributed by atoms with Gasteiger partial charge in [0.15, 0.2) is 6.10 Å². The highest BCUT2D eigenvalue weighted by Gasteiger charge is 2.32. The molecule has 0 spiro atoms. The fourth-order valence-corrected chi connectivity index (χ4v) is 4.08. The highest BCUT2D eigenvalue weighted by molar-refractivity contribution is 7.90. The lowest BCUT2D eigenvalue weighted by molar-refractivity contribution is -0.125. The smallest absolute Gasteiger partial charge is 0.303 e. The van der Waals surface area contributed by atoms with Crippen molar-refractivity contribution < 1.29 is 27.3 Å². The van der Waals surface area contributed by atoms with Crippen LogP contribution in [0.5, 0.6) is 5.75 Å². The molecule has 0 unspecified atom stereocenters. The van der Waals surface area contributed by atoms with Gasteiger partial charge in [-0.3, -0.25) is 9.59 Å². The van der Waals surface area contributed by atoms with Gasteiger partial charge in [-0.1, -0.05) is 32.9 Å². The zero-order valence-electron chi connectivity index (χ0n) is 16.8. The topological polar surface area (TPSA) is 128 Å². The monoisotopic (exact) mass is 421 g/mol. The summed E-state index contributed by atoms with van der Waals surface area (Å²) in [5.41, 5.74) is 1.27. The minimum Gasteiger partial charge on any atom is -0.478 e. The van der Waals surface area contributed by atoms with Gasteiger partial charge in [0.2, 0.25) is 5.76 Å². The molecule has 0 fully saturated rings. The molecule has 2 N–H and O–H groups in total. The average Bonchev–Trinajstić information content (AvgIpc) is 3.10. The number of benzene rings is 1. The largest absolute Gasteiger partial charge is 0.478 e. The molecule has 10 heteroatoms. The van der Waals surface area contributed by atoms with Crippen molar-refractivity contribution >= 4 is 27.5 Å². The van der Waals surface area contributed by atoms with Crippen LogP contribution >= 0.6 is 0 Å². The van der Waals surface area contributed by atoms with Gasteiger partial charge in [-0.05, 0) is 30.4 Å². The van der Waals surface area contributed by atoms with Gasteiger partial charge in [0, 0.05) is 12.1 Å². The summed E-state index contributed by atoms with van der Waals surface area (Å²) in [4.78, 5) is 24.3. The van der Waals surface area contributed by atoms with E-state index in [9.17, 15) is 18.0 Å². The van der Waals surface area contributed by atoms with Gasteiger partial charge in [0.25, 0.3) is 15.9 Å². The molecule has 2 aromatic rings. The van der Waals surface area contributed by atoms with Crippen LogP contribution in [0.1, 0.15) is 55.4 Å². The Morgan fingerprint density at radius 3 is 2.48 bits per heavy atom. The second-order valence-electron chi connectivity index (χ2n) is 7.59. The van der Waals surface area contributed by atoms with Crippen molar-refractivity contribution in [1.82, 2.24) is 9.88 Å². The molecule has 0 bridgehead atoms. The number of hydrogen-bond donors (Lipinski definition) is 2. The maximum absolute atomic E-state index is 12.8. The summed E-state index contributed by atoms with van der Waals surface area (Å²) < 4.78 is 38.2. The summed E-state index contributed by atoms with van der Waals surface area (Å²) in [5, 5.41) is 6.48. The molecule has 2 amide bonds. The van der Waals surface area contributed by atoms with Crippen LogP contribution in [-0.2, 0) is 14.8 Å². The molecule has 156 valence electrons. The first-order valence-electron chi connectivity index (χ1n) is 9.15. The van der Waals surface area contributed by atoms with Crippen LogP contribution in [0.25, 0.3) is 0 Å². The molecule has 1 aromatic heterocycles. The first-order valence-corrected chi connectivity index (χ1v) is 10.6. The molecule has 1 aliphatic heterocycles. The molecule has 2 heterocycles. The van der Waals surface area contributed by atoms with Crippen LogP contribution in [0.3, 0.4) is 0 Å². The van der Waals surface area contributed by atoms with E-state index in [1.807, 2.05) is 32.4 Å². The fraction of sp³-hybridized carbons (Fsp3) is 0.421. The van der Waals surface area contributed by atoms with Crippen molar-refractivity contribution in [3.63, 3.8) is 0 Å². The predicted octanol–water partition coefficient (Wildman–Crippen LogP) is 2.58. The molecular weight excluding hydrogens is 398 g/mol. The second kappa shape index (κ2) is 7.51. The Kier molecular flexibility index (Phi) is 5.40. The number of carbonyl (C=O) groups is 2. The van der Waals surface area contributed by atoms with Crippen LogP contribution in [-0.4, -0.2) is 31.5 Å². The number of aromatic nitrogens is 1. The maximum Gasteiger partial charge on any atom is 0.303 e. The highest BCUT2D eigenvalue weighted by atomic mass is 32.2. The molecule has 1 aromatic carbocycles. The summed E-state index contributed by atoms with van der Waals surface area (Å²) in [6.07, 6.45) is -0.737. The second-order valence-corrected chi connectivity index (χ2v) is 9.24. The van der Waals surface area contributed by atoms with Gasteiger partial charge in [0.05, 0.1) is 16.3 Å². The lowest BCUT2D eigenvalue weighted by Gasteiger charge is -2.29. The zero-order valence-corrected chi connectivity index (χ0v) is 17.6. The van der Waals surface area contributed by atoms with Crippen molar-refractivity contribution in [1.29, 1.82) is 0 Å². The van der Waals surface area contributed by atoms with Gasteiger partial charge in [-0.2, -0.15) is 0 Å². The Morgan fingerprint density at radius 1 is 1.21 bits per heavy atom. The van der Waals surface area contributed by atoms with Crippen molar-refractivity contribution in [2.75, 3.05) is 5.32 Å². The van der Waals surface area contributed by atoms with E-state index in [1.54, 1.807) is 6.92 Å². The molecular formula is C19H23N3O6S. The van der Waals surface area contributed by atoms with E-state index in [4.69, 9.17) is 9.26 Å². The van der Waals surface area contributed by atoms with E-state index >= 15 is 0 Å². The van der Waals surface area contributed by atoms with E-state index in [1.165, 1.54) is 18.2 Å². The number of fused-ring (bicyclic) bond motifs is 1.